The SMILES string of the molecule is [2H]C1OB(C)c2ccc(Oc3nc(C)c([N+]#[C-])cc3Cl)c(C)c21. The van der Waals surface area contributed by atoms with E-state index < -0.39 is 6.58 Å². The number of aromatic nitrogens is 1. The molecule has 6 heteroatoms. The van der Waals surface area contributed by atoms with Gasteiger partial charge in [0, 0.05) is 5.69 Å². The summed E-state index contributed by atoms with van der Waals surface area (Å²) in [6, 6.07) is 5.29. The molecule has 0 saturated heterocycles. The van der Waals surface area contributed by atoms with Crippen LogP contribution in [0.3, 0.4) is 0 Å². The van der Waals surface area contributed by atoms with Gasteiger partial charge in [0.05, 0.1) is 19.5 Å². The van der Waals surface area contributed by atoms with Crippen molar-refractivity contribution < 1.29 is 10.8 Å². The van der Waals surface area contributed by atoms with E-state index in [1.165, 1.54) is 0 Å². The second kappa shape index (κ2) is 5.64. The van der Waals surface area contributed by atoms with Gasteiger partial charge in [-0.15, -0.1) is 0 Å². The Morgan fingerprint density at radius 3 is 3.00 bits per heavy atom. The van der Waals surface area contributed by atoms with Gasteiger partial charge in [0.1, 0.15) is 5.75 Å². The Bertz CT molecular complexity index is 838. The molecule has 0 saturated carbocycles. The number of pyridine rings is 1. The van der Waals surface area contributed by atoms with Crippen molar-refractivity contribution in [1.29, 1.82) is 0 Å². The van der Waals surface area contributed by atoms with E-state index in [0.29, 0.717) is 17.1 Å². The molecule has 1 aromatic heterocycles. The topological polar surface area (TPSA) is 35.7 Å². The predicted molar refractivity (Wildman–Crippen MR) is 87.5 cm³/mol. The Hall–Kier alpha value is -2.03. The van der Waals surface area contributed by atoms with Gasteiger partial charge in [-0.25, -0.2) is 9.83 Å². The number of aryl methyl sites for hydroxylation is 1. The van der Waals surface area contributed by atoms with E-state index in [4.69, 9.17) is 28.9 Å². The second-order valence-corrected chi connectivity index (χ2v) is 5.59. The maximum atomic E-state index is 8.04. The van der Waals surface area contributed by atoms with E-state index in [0.717, 1.165) is 16.6 Å². The fourth-order valence-electron chi connectivity index (χ4n) is 2.43. The van der Waals surface area contributed by atoms with Crippen molar-refractivity contribution in [3.63, 3.8) is 0 Å². The van der Waals surface area contributed by atoms with Gasteiger partial charge >= 0.3 is 6.92 Å². The van der Waals surface area contributed by atoms with E-state index in [1.807, 2.05) is 25.9 Å². The average molecular weight is 314 g/mol. The third-order valence-corrected chi connectivity index (χ3v) is 4.03. The fraction of sp³-hybridized carbons (Fsp3) is 0.250. The van der Waals surface area contributed by atoms with Crippen molar-refractivity contribution in [2.24, 2.45) is 0 Å². The molecule has 1 aliphatic rings. The summed E-state index contributed by atoms with van der Waals surface area (Å²) in [5.41, 5.74) is 3.65. The van der Waals surface area contributed by atoms with Crippen LogP contribution in [0.4, 0.5) is 5.69 Å². The van der Waals surface area contributed by atoms with Gasteiger partial charge in [-0.2, -0.15) is 0 Å². The number of benzene rings is 1. The minimum Gasteiger partial charge on any atom is -0.437 e. The molecule has 0 amide bonds. The molecule has 0 radical (unpaired) electrons. The van der Waals surface area contributed by atoms with Gasteiger partial charge in [0.15, 0.2) is 0 Å². The number of fused-ring (bicyclic) bond motifs is 1. The Labute approximate surface area is 136 Å². The molecule has 0 aliphatic carbocycles. The molecule has 2 aromatic rings. The Morgan fingerprint density at radius 1 is 1.50 bits per heavy atom. The van der Waals surface area contributed by atoms with E-state index in [9.17, 15) is 0 Å². The van der Waals surface area contributed by atoms with Crippen LogP contribution < -0.4 is 10.2 Å². The molecular weight excluding hydrogens is 298 g/mol. The normalized spacial score (nSPS) is 17.0. The summed E-state index contributed by atoms with van der Waals surface area (Å²) >= 11 is 6.16. The van der Waals surface area contributed by atoms with Crippen molar-refractivity contribution in [3.05, 3.63) is 51.5 Å². The lowest BCUT2D eigenvalue weighted by Gasteiger charge is -2.13. The van der Waals surface area contributed by atoms with E-state index in [-0.39, 0.29) is 17.8 Å². The molecule has 1 atom stereocenters. The highest BCUT2D eigenvalue weighted by molar-refractivity contribution is 6.67. The highest BCUT2D eigenvalue weighted by Crippen LogP contribution is 2.34. The van der Waals surface area contributed by atoms with Crippen LogP contribution in [-0.2, 0) is 11.2 Å². The zero-order valence-electron chi connectivity index (χ0n) is 13.5. The summed E-state index contributed by atoms with van der Waals surface area (Å²) in [5, 5.41) is 0.286. The van der Waals surface area contributed by atoms with Crippen LogP contribution >= 0.6 is 11.6 Å². The monoisotopic (exact) mass is 313 g/mol. The van der Waals surface area contributed by atoms with Gasteiger partial charge in [-0.05, 0) is 42.6 Å². The number of halogens is 1. The first kappa shape index (κ1) is 13.6. The van der Waals surface area contributed by atoms with Gasteiger partial charge in [-0.1, -0.05) is 24.5 Å². The largest absolute Gasteiger partial charge is 0.437 e. The second-order valence-electron chi connectivity index (χ2n) is 5.18. The van der Waals surface area contributed by atoms with Crippen molar-refractivity contribution >= 4 is 29.7 Å². The maximum absolute atomic E-state index is 8.04. The smallest absolute Gasteiger partial charge is 0.324 e. The zero-order chi connectivity index (χ0) is 16.7. The molecule has 1 aliphatic heterocycles. The van der Waals surface area contributed by atoms with Crippen LogP contribution in [0.25, 0.3) is 4.85 Å². The van der Waals surface area contributed by atoms with E-state index in [1.54, 1.807) is 13.0 Å². The highest BCUT2D eigenvalue weighted by atomic mass is 35.5. The number of hydrogen-bond donors (Lipinski definition) is 0. The van der Waals surface area contributed by atoms with Crippen LogP contribution in [0, 0.1) is 20.4 Å². The third kappa shape index (κ3) is 2.45. The fourth-order valence-corrected chi connectivity index (χ4v) is 2.62. The molecule has 110 valence electrons. The van der Waals surface area contributed by atoms with E-state index in [2.05, 4.69) is 9.83 Å². The average Bonchev–Trinajstić information content (AvgIpc) is 2.80. The number of hydrogen-bond acceptors (Lipinski definition) is 3. The first-order valence-electron chi connectivity index (χ1n) is 7.43. The lowest BCUT2D eigenvalue weighted by Crippen LogP contribution is -2.24. The lowest BCUT2D eigenvalue weighted by atomic mass is 9.64. The van der Waals surface area contributed by atoms with Crippen molar-refractivity contribution in [2.45, 2.75) is 27.3 Å². The van der Waals surface area contributed by atoms with Crippen LogP contribution in [0.1, 0.15) is 18.2 Å². The standard InChI is InChI=1S/C16H14BClN2O2/c1-9-11-8-21-17(3)12(11)5-6-15(9)22-16-13(18)7-14(19-4)10(2)20-16/h5-7H,8H2,1-3H3/i8D. The molecule has 4 nitrogen and oxygen atoms in total. The van der Waals surface area contributed by atoms with Crippen LogP contribution in [-0.4, -0.2) is 11.9 Å². The first-order chi connectivity index (χ1) is 10.9. The molecule has 0 spiro atoms. The van der Waals surface area contributed by atoms with Crippen LogP contribution in [0.15, 0.2) is 18.2 Å². The molecule has 1 unspecified atom stereocenters. The summed E-state index contributed by atoms with van der Waals surface area (Å²) in [6.07, 6.45) is 0. The number of rotatable bonds is 2. The molecule has 0 bridgehead atoms. The molecular formula is C16H14BClN2O2. The minimum atomic E-state index is -0.710. The molecule has 22 heavy (non-hydrogen) atoms. The zero-order valence-corrected chi connectivity index (χ0v) is 13.2. The third-order valence-electron chi connectivity index (χ3n) is 3.76. The summed E-state index contributed by atoms with van der Waals surface area (Å²) in [5.74, 6) is 0.844. The summed E-state index contributed by atoms with van der Waals surface area (Å²) in [7, 11) is 0. The molecule has 0 fully saturated rings. The lowest BCUT2D eigenvalue weighted by molar-refractivity contribution is 0.332. The van der Waals surface area contributed by atoms with Crippen molar-refractivity contribution in [2.75, 3.05) is 0 Å². The molecule has 2 heterocycles. The highest BCUT2D eigenvalue weighted by Gasteiger charge is 2.26. The van der Waals surface area contributed by atoms with Gasteiger partial charge in [-0.3, -0.25) is 0 Å². The minimum absolute atomic E-state index is 0.0952. The van der Waals surface area contributed by atoms with Gasteiger partial charge < -0.3 is 9.39 Å². The van der Waals surface area contributed by atoms with Gasteiger partial charge in [0.25, 0.3) is 0 Å². The van der Waals surface area contributed by atoms with Crippen molar-refractivity contribution in [3.8, 4) is 11.6 Å². The van der Waals surface area contributed by atoms with E-state index >= 15 is 0 Å². The first-order valence-corrected chi connectivity index (χ1v) is 7.23. The molecule has 0 N–H and O–H groups in total. The Morgan fingerprint density at radius 2 is 2.27 bits per heavy atom. The predicted octanol–water partition coefficient (Wildman–Crippen LogP) is 4.05. The quantitative estimate of drug-likeness (QED) is 0.620. The van der Waals surface area contributed by atoms with Gasteiger partial charge in [0.2, 0.25) is 11.6 Å². The Balaban J connectivity index is 2.01. The molecule has 3 rings (SSSR count). The van der Waals surface area contributed by atoms with Crippen molar-refractivity contribution in [1.82, 2.24) is 4.98 Å². The number of nitrogens with zero attached hydrogens (tertiary/aromatic N) is 2. The Kier molecular flexibility index (Phi) is 3.49. The molecule has 1 aromatic carbocycles. The van der Waals surface area contributed by atoms with Crippen LogP contribution in [0.5, 0.6) is 11.6 Å². The number of ether oxygens (including phenoxy) is 1. The van der Waals surface area contributed by atoms with Crippen LogP contribution in [0.2, 0.25) is 11.8 Å². The summed E-state index contributed by atoms with van der Waals surface area (Å²) in [4.78, 5) is 7.63. The maximum Gasteiger partial charge on any atom is 0.324 e. The summed E-state index contributed by atoms with van der Waals surface area (Å²) < 4.78 is 19.4. The summed E-state index contributed by atoms with van der Waals surface area (Å²) in [6.45, 7) is 11.8.